The van der Waals surface area contributed by atoms with Crippen LogP contribution in [0, 0.1) is 0 Å². The van der Waals surface area contributed by atoms with Crippen molar-refractivity contribution in [3.63, 3.8) is 0 Å². The molecule has 3 aromatic rings. The molecule has 0 radical (unpaired) electrons. The second-order valence-corrected chi connectivity index (χ2v) is 15.5. The summed E-state index contributed by atoms with van der Waals surface area (Å²) in [6.45, 7) is 10.6. The van der Waals surface area contributed by atoms with E-state index < -0.39 is 26.2 Å². The minimum atomic E-state index is -4.60. The van der Waals surface area contributed by atoms with Crippen LogP contribution in [0.5, 0.6) is 17.2 Å². The van der Waals surface area contributed by atoms with Crippen molar-refractivity contribution in [3.05, 3.63) is 71.2 Å². The molecule has 0 bridgehead atoms. The fourth-order valence-electron chi connectivity index (χ4n) is 4.30. The van der Waals surface area contributed by atoms with Crippen molar-refractivity contribution >= 4 is 19.9 Å². The molecule has 2 aliphatic heterocycles. The van der Waals surface area contributed by atoms with E-state index in [0.717, 1.165) is 11.6 Å². The average molecular weight is 532 g/mol. The van der Waals surface area contributed by atoms with Crippen molar-refractivity contribution in [2.45, 2.75) is 57.5 Å². The van der Waals surface area contributed by atoms with Crippen LogP contribution in [-0.4, -0.2) is 21.0 Å². The zero-order chi connectivity index (χ0) is 26.8. The van der Waals surface area contributed by atoms with Gasteiger partial charge in [-0.3, -0.25) is 4.79 Å². The summed E-state index contributed by atoms with van der Waals surface area (Å²) in [7, 11) is -2.31. The van der Waals surface area contributed by atoms with Crippen LogP contribution in [-0.2, 0) is 17.5 Å². The number of carbonyl (C=O) groups is 1. The fourth-order valence-corrected chi connectivity index (χ4v) is 5.33. The molecule has 1 amide bonds. The molecule has 10 heteroatoms. The van der Waals surface area contributed by atoms with Crippen molar-refractivity contribution < 1.29 is 36.3 Å². The van der Waals surface area contributed by atoms with Gasteiger partial charge in [-0.15, -0.1) is 0 Å². The SMILES string of the molecule is CC(C)(C)[Si](C)(C)Oc1cc2c(cc1C1C(=O)N(Cc3ccc(C(F)(F)F)o3)c3ccccc31)OCO2. The number of amides is 1. The molecule has 3 heterocycles. The van der Waals surface area contributed by atoms with E-state index >= 15 is 0 Å². The molecule has 196 valence electrons. The molecule has 0 saturated carbocycles. The van der Waals surface area contributed by atoms with E-state index in [9.17, 15) is 18.0 Å². The third kappa shape index (κ3) is 4.47. The Labute approximate surface area is 214 Å². The Balaban J connectivity index is 1.57. The summed E-state index contributed by atoms with van der Waals surface area (Å²) in [6.07, 6.45) is -4.60. The summed E-state index contributed by atoms with van der Waals surface area (Å²) in [5.41, 5.74) is 1.97. The van der Waals surface area contributed by atoms with Crippen molar-refractivity contribution in [3.8, 4) is 17.2 Å². The molecular weight excluding hydrogens is 503 g/mol. The van der Waals surface area contributed by atoms with Crippen molar-refractivity contribution in [2.24, 2.45) is 0 Å². The number of hydrogen-bond acceptors (Lipinski definition) is 5. The predicted octanol–water partition coefficient (Wildman–Crippen LogP) is 7.09. The summed E-state index contributed by atoms with van der Waals surface area (Å²) >= 11 is 0. The fraction of sp³-hybridized carbons (Fsp3) is 0.370. The normalized spacial score (nSPS) is 17.4. The Kier molecular flexibility index (Phi) is 5.85. The third-order valence-corrected chi connectivity index (χ3v) is 11.6. The van der Waals surface area contributed by atoms with Gasteiger partial charge < -0.3 is 23.2 Å². The predicted molar refractivity (Wildman–Crippen MR) is 134 cm³/mol. The zero-order valence-electron chi connectivity index (χ0n) is 21.2. The zero-order valence-corrected chi connectivity index (χ0v) is 22.2. The van der Waals surface area contributed by atoms with E-state index in [1.807, 2.05) is 12.1 Å². The van der Waals surface area contributed by atoms with E-state index in [2.05, 4.69) is 33.9 Å². The summed E-state index contributed by atoms with van der Waals surface area (Å²) in [6, 6.07) is 12.9. The van der Waals surface area contributed by atoms with Gasteiger partial charge in [0.25, 0.3) is 0 Å². The lowest BCUT2D eigenvalue weighted by molar-refractivity contribution is -0.153. The molecule has 1 atom stereocenters. The van der Waals surface area contributed by atoms with E-state index in [0.29, 0.717) is 28.5 Å². The van der Waals surface area contributed by atoms with Crippen molar-refractivity contribution in [1.82, 2.24) is 0 Å². The highest BCUT2D eigenvalue weighted by Crippen LogP contribution is 2.50. The topological polar surface area (TPSA) is 61.1 Å². The van der Waals surface area contributed by atoms with Gasteiger partial charge in [-0.1, -0.05) is 39.0 Å². The minimum absolute atomic E-state index is 0.0413. The van der Waals surface area contributed by atoms with Crippen molar-refractivity contribution in [1.29, 1.82) is 0 Å². The van der Waals surface area contributed by atoms with Gasteiger partial charge in [0, 0.05) is 17.3 Å². The number of halogens is 3. The highest BCUT2D eigenvalue weighted by molar-refractivity contribution is 6.74. The smallest absolute Gasteiger partial charge is 0.449 e. The largest absolute Gasteiger partial charge is 0.543 e. The number of ether oxygens (including phenoxy) is 2. The summed E-state index contributed by atoms with van der Waals surface area (Å²) in [4.78, 5) is 15.4. The molecule has 1 unspecified atom stereocenters. The van der Waals surface area contributed by atoms with Gasteiger partial charge in [-0.2, -0.15) is 13.2 Å². The van der Waals surface area contributed by atoms with E-state index in [1.165, 1.54) is 11.0 Å². The van der Waals surface area contributed by atoms with Gasteiger partial charge in [0.2, 0.25) is 26.8 Å². The van der Waals surface area contributed by atoms with Gasteiger partial charge in [0.05, 0.1) is 12.5 Å². The van der Waals surface area contributed by atoms with Gasteiger partial charge in [-0.05, 0) is 48.0 Å². The number of para-hydroxylation sites is 1. The maximum atomic E-state index is 13.9. The quantitative estimate of drug-likeness (QED) is 0.329. The Morgan fingerprint density at radius 2 is 1.68 bits per heavy atom. The molecule has 0 aliphatic carbocycles. The van der Waals surface area contributed by atoms with Crippen LogP contribution in [0.15, 0.2) is 52.9 Å². The number of benzene rings is 2. The number of fused-ring (bicyclic) bond motifs is 2. The number of rotatable bonds is 5. The number of furan rings is 1. The Morgan fingerprint density at radius 1 is 1.00 bits per heavy atom. The van der Waals surface area contributed by atoms with Gasteiger partial charge in [0.15, 0.2) is 11.5 Å². The number of nitrogens with zero attached hydrogens (tertiary/aromatic N) is 1. The van der Waals surface area contributed by atoms with Crippen LogP contribution < -0.4 is 18.8 Å². The molecular formula is C27H28F3NO5Si. The van der Waals surface area contributed by atoms with Gasteiger partial charge >= 0.3 is 6.18 Å². The molecule has 0 saturated heterocycles. The molecule has 1 aromatic heterocycles. The second kappa shape index (κ2) is 8.58. The maximum Gasteiger partial charge on any atom is 0.449 e. The maximum absolute atomic E-state index is 13.9. The summed E-state index contributed by atoms with van der Waals surface area (Å²) in [5, 5.41) is -0.0975. The highest BCUT2D eigenvalue weighted by Gasteiger charge is 2.44. The Bertz CT molecular complexity index is 1360. The molecule has 2 aromatic carbocycles. The van der Waals surface area contributed by atoms with Crippen LogP contribution in [0.2, 0.25) is 18.1 Å². The molecule has 6 nitrogen and oxygen atoms in total. The van der Waals surface area contributed by atoms with Crippen LogP contribution in [0.4, 0.5) is 18.9 Å². The monoisotopic (exact) mass is 531 g/mol. The number of carbonyl (C=O) groups excluding carboxylic acids is 1. The first-order valence-electron chi connectivity index (χ1n) is 11.9. The molecule has 0 fully saturated rings. The lowest BCUT2D eigenvalue weighted by Crippen LogP contribution is -2.44. The van der Waals surface area contributed by atoms with Crippen molar-refractivity contribution in [2.75, 3.05) is 11.7 Å². The summed E-state index contributed by atoms with van der Waals surface area (Å²) in [5.74, 6) is -0.472. The van der Waals surface area contributed by atoms with Crippen LogP contribution >= 0.6 is 0 Å². The average Bonchev–Trinajstić information content (AvgIpc) is 3.51. The molecule has 37 heavy (non-hydrogen) atoms. The second-order valence-electron chi connectivity index (χ2n) is 10.8. The van der Waals surface area contributed by atoms with Crippen LogP contribution in [0.3, 0.4) is 0 Å². The third-order valence-electron chi connectivity index (χ3n) is 7.29. The number of anilines is 1. The Morgan fingerprint density at radius 3 is 2.32 bits per heavy atom. The van der Waals surface area contributed by atoms with E-state index in [4.69, 9.17) is 18.3 Å². The van der Waals surface area contributed by atoms with E-state index in [-0.39, 0.29) is 30.0 Å². The number of alkyl halides is 3. The standard InChI is InChI=1S/C27H28F3NO5Si/c1-26(2,3)37(4,5)36-20-13-22-21(33-15-34-22)12-18(20)24-17-8-6-7-9-19(17)31(25(24)32)14-16-10-11-23(35-16)27(28,29)30/h6-13,24H,14-15H2,1-5H3. The molecule has 0 N–H and O–H groups in total. The first-order valence-corrected chi connectivity index (χ1v) is 14.9. The Hall–Kier alpha value is -3.40. The first-order chi connectivity index (χ1) is 17.3. The van der Waals surface area contributed by atoms with Gasteiger partial charge in [-0.25, -0.2) is 0 Å². The highest BCUT2D eigenvalue weighted by atomic mass is 28.4. The first kappa shape index (κ1) is 25.3. The minimum Gasteiger partial charge on any atom is -0.543 e. The molecule has 2 aliphatic rings. The lowest BCUT2D eigenvalue weighted by Gasteiger charge is -2.37. The lowest BCUT2D eigenvalue weighted by atomic mass is 9.91. The molecule has 5 rings (SSSR count). The van der Waals surface area contributed by atoms with Crippen LogP contribution in [0.1, 0.15) is 49.3 Å². The van der Waals surface area contributed by atoms with Crippen LogP contribution in [0.25, 0.3) is 0 Å². The van der Waals surface area contributed by atoms with Gasteiger partial charge in [0.1, 0.15) is 11.5 Å². The molecule has 0 spiro atoms. The van der Waals surface area contributed by atoms with E-state index in [1.54, 1.807) is 24.3 Å². The number of hydrogen-bond donors (Lipinski definition) is 0. The summed E-state index contributed by atoms with van der Waals surface area (Å²) < 4.78 is 62.2.